The van der Waals surface area contributed by atoms with Gasteiger partial charge in [-0.05, 0) is 64.7 Å². The predicted molar refractivity (Wildman–Crippen MR) is 148 cm³/mol. The van der Waals surface area contributed by atoms with Gasteiger partial charge in [-0.2, -0.15) is 0 Å². The number of benzene rings is 3. The highest BCUT2D eigenvalue weighted by molar-refractivity contribution is 6.31. The number of nitrogens with zero attached hydrogens (tertiary/aromatic N) is 3. The lowest BCUT2D eigenvalue weighted by atomic mass is 9.82. The molecule has 0 aliphatic rings. The fraction of sp³-hybridized carbons (Fsp3) is 0.172. The first-order valence-electron chi connectivity index (χ1n) is 11.9. The van der Waals surface area contributed by atoms with Crippen LogP contribution in [0.3, 0.4) is 0 Å². The van der Waals surface area contributed by atoms with Gasteiger partial charge in [0.1, 0.15) is 0 Å². The Hall–Kier alpha value is -3.26. The van der Waals surface area contributed by atoms with E-state index in [2.05, 4.69) is 10.3 Å². The zero-order valence-corrected chi connectivity index (χ0v) is 21.7. The number of pyridine rings is 1. The Morgan fingerprint density at radius 2 is 1.73 bits per heavy atom. The summed E-state index contributed by atoms with van der Waals surface area (Å²) in [7, 11) is 1.86. The Morgan fingerprint density at radius 3 is 2.43 bits per heavy atom. The van der Waals surface area contributed by atoms with Crippen LogP contribution in [0.5, 0.6) is 0 Å². The summed E-state index contributed by atoms with van der Waals surface area (Å²) in [5, 5.41) is 26.8. The van der Waals surface area contributed by atoms with E-state index in [4.69, 9.17) is 33.3 Å². The average molecular weight is 533 g/mol. The van der Waals surface area contributed by atoms with Crippen molar-refractivity contribution in [3.63, 3.8) is 0 Å². The first-order valence-corrected chi connectivity index (χ1v) is 12.6. The molecule has 0 radical (unpaired) electrons. The highest BCUT2D eigenvalue weighted by Crippen LogP contribution is 2.40. The molecule has 0 amide bonds. The van der Waals surface area contributed by atoms with Crippen LogP contribution in [-0.2, 0) is 19.2 Å². The zero-order chi connectivity index (χ0) is 26.0. The van der Waals surface area contributed by atoms with Crippen molar-refractivity contribution in [2.45, 2.75) is 12.1 Å². The number of rotatable bonds is 8. The molecule has 2 heterocycles. The van der Waals surface area contributed by atoms with Gasteiger partial charge >= 0.3 is 0 Å². The van der Waals surface area contributed by atoms with Gasteiger partial charge in [0.2, 0.25) is 0 Å². The number of imidazole rings is 1. The predicted octanol–water partition coefficient (Wildman–Crippen LogP) is 5.31. The summed E-state index contributed by atoms with van der Waals surface area (Å²) in [6.07, 6.45) is 3.34. The van der Waals surface area contributed by atoms with Crippen molar-refractivity contribution in [1.82, 2.24) is 19.9 Å². The van der Waals surface area contributed by atoms with Crippen LogP contribution in [0.4, 0.5) is 0 Å². The van der Waals surface area contributed by atoms with E-state index in [0.29, 0.717) is 40.0 Å². The van der Waals surface area contributed by atoms with Crippen molar-refractivity contribution in [1.29, 1.82) is 0 Å². The summed E-state index contributed by atoms with van der Waals surface area (Å²) in [4.78, 5) is 9.12. The molecule has 0 saturated carbocycles. The molecule has 0 spiro atoms. The van der Waals surface area contributed by atoms with Gasteiger partial charge in [0.05, 0.1) is 36.0 Å². The van der Waals surface area contributed by atoms with E-state index in [9.17, 15) is 5.11 Å². The molecule has 0 aliphatic heterocycles. The lowest BCUT2D eigenvalue weighted by molar-refractivity contribution is 0.117. The second kappa shape index (κ2) is 10.6. The van der Waals surface area contributed by atoms with Crippen LogP contribution in [0.15, 0.2) is 85.3 Å². The van der Waals surface area contributed by atoms with Crippen LogP contribution >= 0.6 is 23.2 Å². The minimum atomic E-state index is -1.49. The number of nitrogens with one attached hydrogen (secondary N) is 1. The summed E-state index contributed by atoms with van der Waals surface area (Å²) in [6, 6.07) is 22.7. The normalized spacial score (nSPS) is 13.1. The van der Waals surface area contributed by atoms with Crippen molar-refractivity contribution in [2.24, 2.45) is 7.05 Å². The first kappa shape index (κ1) is 25.4. The lowest BCUT2D eigenvalue weighted by Crippen LogP contribution is -2.31. The molecule has 1 atom stereocenters. The van der Waals surface area contributed by atoms with Gasteiger partial charge in [-0.3, -0.25) is 4.98 Å². The number of aliphatic hydroxyl groups is 2. The van der Waals surface area contributed by atoms with Crippen LogP contribution in [-0.4, -0.2) is 37.9 Å². The molecule has 0 bridgehead atoms. The second-order valence-electron chi connectivity index (χ2n) is 8.91. The van der Waals surface area contributed by atoms with Crippen LogP contribution in [0.2, 0.25) is 10.0 Å². The van der Waals surface area contributed by atoms with Crippen molar-refractivity contribution in [2.75, 3.05) is 13.2 Å². The fourth-order valence-corrected chi connectivity index (χ4v) is 4.96. The number of hydrogen-bond acceptors (Lipinski definition) is 5. The Bertz CT molecular complexity index is 1550. The largest absolute Gasteiger partial charge is 0.395 e. The second-order valence-corrected chi connectivity index (χ2v) is 9.78. The molecule has 3 aromatic carbocycles. The molecule has 5 rings (SSSR count). The number of aromatic nitrogens is 3. The van der Waals surface area contributed by atoms with Crippen LogP contribution in [0.1, 0.15) is 22.5 Å². The van der Waals surface area contributed by atoms with Gasteiger partial charge in [0, 0.05) is 35.6 Å². The quantitative estimate of drug-likeness (QED) is 0.236. The summed E-state index contributed by atoms with van der Waals surface area (Å²) < 4.78 is 1.81. The molecular formula is C29H26Cl2N4O2. The van der Waals surface area contributed by atoms with E-state index in [1.165, 1.54) is 0 Å². The lowest BCUT2D eigenvalue weighted by Gasteiger charge is -2.30. The first-order chi connectivity index (χ1) is 17.9. The van der Waals surface area contributed by atoms with E-state index in [1.54, 1.807) is 24.7 Å². The monoisotopic (exact) mass is 532 g/mol. The molecule has 3 N–H and O–H groups in total. The molecule has 0 fully saturated rings. The maximum Gasteiger partial charge on any atom is 0.156 e. The molecule has 6 nitrogen and oxygen atoms in total. The molecule has 0 aliphatic carbocycles. The van der Waals surface area contributed by atoms with Crippen molar-refractivity contribution >= 4 is 34.1 Å². The molecule has 8 heteroatoms. The van der Waals surface area contributed by atoms with E-state index in [1.807, 2.05) is 72.3 Å². The SMILES string of the molecule is Cn1cncc1C(O)(c1ccc(Cl)cc1)c1ccc2nc(CNCCO)cc(-c3cccc(Cl)c3)c2c1. The summed E-state index contributed by atoms with van der Waals surface area (Å²) in [6.45, 7) is 1.04. The number of halogens is 2. The van der Waals surface area contributed by atoms with E-state index in [0.717, 1.165) is 27.7 Å². The Kier molecular flexibility index (Phi) is 7.29. The van der Waals surface area contributed by atoms with Gasteiger partial charge in [0.15, 0.2) is 5.60 Å². The minimum absolute atomic E-state index is 0.0510. The minimum Gasteiger partial charge on any atom is -0.395 e. The highest BCUT2D eigenvalue weighted by Gasteiger charge is 2.37. The van der Waals surface area contributed by atoms with Crippen LogP contribution in [0.25, 0.3) is 22.0 Å². The molecule has 188 valence electrons. The molecule has 5 aromatic rings. The summed E-state index contributed by atoms with van der Waals surface area (Å²) >= 11 is 12.5. The number of aryl methyl sites for hydroxylation is 1. The van der Waals surface area contributed by atoms with Crippen molar-refractivity contribution < 1.29 is 10.2 Å². The number of fused-ring (bicyclic) bond motifs is 1. The zero-order valence-electron chi connectivity index (χ0n) is 20.2. The molecule has 37 heavy (non-hydrogen) atoms. The molecule has 2 aromatic heterocycles. The average Bonchev–Trinajstić information content (AvgIpc) is 3.34. The van der Waals surface area contributed by atoms with Crippen molar-refractivity contribution in [3.05, 3.63) is 118 Å². The third-order valence-corrected chi connectivity index (χ3v) is 6.95. The third kappa shape index (κ3) is 4.99. The van der Waals surface area contributed by atoms with Crippen LogP contribution in [0, 0.1) is 0 Å². The standard InChI is InChI=1S/C29H26Cl2N4O2/c1-35-18-33-17-28(35)29(37,20-5-8-22(30)9-6-20)21-7-10-27-26(14-21)25(19-3-2-4-23(31)13-19)15-24(34-27)16-32-11-12-36/h2-10,13-15,17-18,32,36-37H,11-12,16H2,1H3. The Morgan fingerprint density at radius 1 is 0.946 bits per heavy atom. The molecule has 0 saturated heterocycles. The van der Waals surface area contributed by atoms with Gasteiger partial charge in [-0.15, -0.1) is 0 Å². The highest BCUT2D eigenvalue weighted by atomic mass is 35.5. The number of aliphatic hydroxyl groups excluding tert-OH is 1. The van der Waals surface area contributed by atoms with Gasteiger partial charge in [-0.25, -0.2) is 4.98 Å². The van der Waals surface area contributed by atoms with E-state index in [-0.39, 0.29) is 6.61 Å². The molecule has 1 unspecified atom stereocenters. The Balaban J connectivity index is 1.74. The molecular weight excluding hydrogens is 507 g/mol. The number of hydrogen-bond donors (Lipinski definition) is 3. The maximum atomic E-state index is 12.4. The van der Waals surface area contributed by atoms with Crippen LogP contribution < -0.4 is 5.32 Å². The third-order valence-electron chi connectivity index (χ3n) is 6.46. The topological polar surface area (TPSA) is 83.2 Å². The fourth-order valence-electron chi connectivity index (χ4n) is 4.65. The van der Waals surface area contributed by atoms with Gasteiger partial charge in [-0.1, -0.05) is 53.5 Å². The van der Waals surface area contributed by atoms with E-state index < -0.39 is 5.60 Å². The summed E-state index contributed by atoms with van der Waals surface area (Å²) in [5.74, 6) is 0. The Labute approximate surface area is 225 Å². The van der Waals surface area contributed by atoms with Gasteiger partial charge < -0.3 is 20.1 Å². The smallest absolute Gasteiger partial charge is 0.156 e. The van der Waals surface area contributed by atoms with E-state index >= 15 is 0 Å². The van der Waals surface area contributed by atoms with Crippen molar-refractivity contribution in [3.8, 4) is 11.1 Å². The maximum absolute atomic E-state index is 12.4. The van der Waals surface area contributed by atoms with Gasteiger partial charge in [0.25, 0.3) is 0 Å². The summed E-state index contributed by atoms with van der Waals surface area (Å²) in [5.41, 5.74) is 3.97.